The minimum Gasteiger partial charge on any atom is -0.483 e. The maximum absolute atomic E-state index is 13.6. The van der Waals surface area contributed by atoms with Crippen LogP contribution in [0.15, 0.2) is 47.0 Å². The molecule has 0 saturated heterocycles. The second-order valence-corrected chi connectivity index (χ2v) is 6.62. The van der Waals surface area contributed by atoms with Gasteiger partial charge in [-0.15, -0.1) is 0 Å². The molecule has 0 radical (unpaired) electrons. The Kier molecular flexibility index (Phi) is 4.35. The molecule has 1 aliphatic rings. The van der Waals surface area contributed by atoms with E-state index in [-0.39, 0.29) is 23.3 Å². The lowest BCUT2D eigenvalue weighted by Crippen LogP contribution is -2.06. The molecule has 1 saturated carbocycles. The molecule has 1 fully saturated rings. The highest BCUT2D eigenvalue weighted by molar-refractivity contribution is 5.99. The fourth-order valence-electron chi connectivity index (χ4n) is 2.71. The third kappa shape index (κ3) is 3.67. The quantitative estimate of drug-likeness (QED) is 0.519. The van der Waals surface area contributed by atoms with E-state index in [1.165, 1.54) is 12.1 Å². The van der Waals surface area contributed by atoms with E-state index in [9.17, 15) is 9.18 Å². The first-order valence-electron chi connectivity index (χ1n) is 8.71. The van der Waals surface area contributed by atoms with Gasteiger partial charge in [-0.05, 0) is 62.2 Å². The Morgan fingerprint density at radius 2 is 2.00 bits per heavy atom. The van der Waals surface area contributed by atoms with Gasteiger partial charge >= 0.3 is 0 Å². The Balaban J connectivity index is 1.45. The third-order valence-electron chi connectivity index (χ3n) is 4.45. The molecule has 1 aliphatic carbocycles. The normalized spacial score (nSPS) is 14.7. The minimum absolute atomic E-state index is 0.0544. The molecule has 0 amide bonds. The number of anilines is 1. The molecule has 2 aromatic carbocycles. The summed E-state index contributed by atoms with van der Waals surface area (Å²) in [6.07, 6.45) is 1.48. The first-order valence-corrected chi connectivity index (χ1v) is 8.71. The van der Waals surface area contributed by atoms with Gasteiger partial charge in [-0.25, -0.2) is 4.39 Å². The van der Waals surface area contributed by atoms with Crippen molar-refractivity contribution in [3.63, 3.8) is 0 Å². The lowest BCUT2D eigenvalue weighted by Gasteiger charge is -2.11. The molecule has 0 bridgehead atoms. The van der Waals surface area contributed by atoms with Crippen LogP contribution in [0, 0.1) is 11.7 Å². The highest BCUT2D eigenvalue weighted by Gasteiger charge is 2.30. The zero-order valence-electron chi connectivity index (χ0n) is 14.7. The van der Waals surface area contributed by atoms with Crippen LogP contribution in [-0.2, 0) is 0 Å². The van der Waals surface area contributed by atoms with Gasteiger partial charge in [0.15, 0.2) is 11.9 Å². The van der Waals surface area contributed by atoms with Gasteiger partial charge in [0.25, 0.3) is 5.89 Å². The van der Waals surface area contributed by atoms with E-state index in [0.29, 0.717) is 22.7 Å². The van der Waals surface area contributed by atoms with E-state index in [2.05, 4.69) is 10.1 Å². The number of hydrogen-bond acceptors (Lipinski definition) is 6. The average molecular weight is 367 g/mol. The number of carbonyl (C=O) groups excluding carboxylic acids is 1. The molecule has 27 heavy (non-hydrogen) atoms. The number of rotatable bonds is 6. The Morgan fingerprint density at radius 1 is 1.26 bits per heavy atom. The standard InChI is InChI=1S/C20H18FN3O3/c1-11(26-15-7-4-13(5-8-15)18(25)12-2-3-12)19-23-20(27-24-19)14-6-9-17(22)16(21)10-14/h4-12H,2-3,22H2,1H3. The number of ether oxygens (including phenoxy) is 1. The van der Waals surface area contributed by atoms with Crippen LogP contribution in [0.2, 0.25) is 0 Å². The molecule has 1 heterocycles. The summed E-state index contributed by atoms with van der Waals surface area (Å²) >= 11 is 0. The van der Waals surface area contributed by atoms with Gasteiger partial charge in [0.05, 0.1) is 5.69 Å². The van der Waals surface area contributed by atoms with Crippen LogP contribution in [-0.4, -0.2) is 15.9 Å². The summed E-state index contributed by atoms with van der Waals surface area (Å²) in [5.74, 6) is 0.946. The van der Waals surface area contributed by atoms with Gasteiger partial charge in [-0.1, -0.05) is 5.16 Å². The monoisotopic (exact) mass is 367 g/mol. The summed E-state index contributed by atoms with van der Waals surface area (Å²) in [7, 11) is 0. The van der Waals surface area contributed by atoms with Crippen molar-refractivity contribution in [2.75, 3.05) is 5.73 Å². The SMILES string of the molecule is CC(Oc1ccc(C(=O)C2CC2)cc1)c1noc(-c2ccc(N)c(F)c2)n1. The largest absolute Gasteiger partial charge is 0.483 e. The van der Waals surface area contributed by atoms with Gasteiger partial charge in [-0.2, -0.15) is 4.98 Å². The number of nitrogen functional groups attached to an aromatic ring is 1. The maximum Gasteiger partial charge on any atom is 0.258 e. The van der Waals surface area contributed by atoms with E-state index in [4.69, 9.17) is 15.0 Å². The molecule has 0 aliphatic heterocycles. The Hall–Kier alpha value is -3.22. The predicted octanol–water partition coefficient (Wildman–Crippen LogP) is 4.19. The van der Waals surface area contributed by atoms with E-state index in [1.807, 2.05) is 0 Å². The second-order valence-electron chi connectivity index (χ2n) is 6.62. The Bertz CT molecular complexity index is 980. The highest BCUT2D eigenvalue weighted by atomic mass is 19.1. The van der Waals surface area contributed by atoms with Crippen molar-refractivity contribution in [2.24, 2.45) is 5.92 Å². The lowest BCUT2D eigenvalue weighted by molar-refractivity contribution is 0.0967. The number of carbonyl (C=O) groups is 1. The van der Waals surface area contributed by atoms with Crippen molar-refractivity contribution in [3.05, 3.63) is 59.7 Å². The van der Waals surface area contributed by atoms with Crippen molar-refractivity contribution in [2.45, 2.75) is 25.9 Å². The topological polar surface area (TPSA) is 91.2 Å². The van der Waals surface area contributed by atoms with Crippen LogP contribution >= 0.6 is 0 Å². The van der Waals surface area contributed by atoms with Crippen molar-refractivity contribution in [1.82, 2.24) is 10.1 Å². The van der Waals surface area contributed by atoms with Crippen LogP contribution < -0.4 is 10.5 Å². The first kappa shape index (κ1) is 17.2. The van der Waals surface area contributed by atoms with Crippen LogP contribution in [0.3, 0.4) is 0 Å². The molecule has 7 heteroatoms. The van der Waals surface area contributed by atoms with E-state index < -0.39 is 11.9 Å². The third-order valence-corrected chi connectivity index (χ3v) is 4.45. The van der Waals surface area contributed by atoms with Crippen molar-refractivity contribution < 1.29 is 18.4 Å². The highest BCUT2D eigenvalue weighted by Crippen LogP contribution is 2.33. The van der Waals surface area contributed by atoms with Gasteiger partial charge in [0, 0.05) is 17.0 Å². The number of hydrogen-bond donors (Lipinski definition) is 1. The summed E-state index contributed by atoms with van der Waals surface area (Å²) in [5, 5.41) is 3.90. The molecule has 6 nitrogen and oxygen atoms in total. The summed E-state index contributed by atoms with van der Waals surface area (Å²) in [5.41, 5.74) is 6.67. The Morgan fingerprint density at radius 3 is 2.67 bits per heavy atom. The first-order chi connectivity index (χ1) is 13.0. The number of nitrogens with two attached hydrogens (primary N) is 1. The summed E-state index contributed by atoms with van der Waals surface area (Å²) < 4.78 is 24.6. The van der Waals surface area contributed by atoms with Crippen LogP contribution in [0.4, 0.5) is 10.1 Å². The fraction of sp³-hybridized carbons (Fsp3) is 0.250. The molecule has 138 valence electrons. The number of halogens is 1. The van der Waals surface area contributed by atoms with Crippen LogP contribution in [0.5, 0.6) is 5.75 Å². The molecule has 4 rings (SSSR count). The van der Waals surface area contributed by atoms with E-state index >= 15 is 0 Å². The van der Waals surface area contributed by atoms with Gasteiger partial charge < -0.3 is 15.0 Å². The molecule has 0 spiro atoms. The molecule has 3 aromatic rings. The number of aromatic nitrogens is 2. The molecular formula is C20H18FN3O3. The molecular weight excluding hydrogens is 349 g/mol. The molecule has 1 unspecified atom stereocenters. The van der Waals surface area contributed by atoms with E-state index in [1.54, 1.807) is 37.3 Å². The molecule has 2 N–H and O–H groups in total. The van der Waals surface area contributed by atoms with Crippen molar-refractivity contribution in [3.8, 4) is 17.2 Å². The number of benzene rings is 2. The van der Waals surface area contributed by atoms with Gasteiger partial charge in [0.1, 0.15) is 11.6 Å². The second kappa shape index (κ2) is 6.83. The van der Waals surface area contributed by atoms with Gasteiger partial charge in [-0.3, -0.25) is 4.79 Å². The van der Waals surface area contributed by atoms with Crippen molar-refractivity contribution in [1.29, 1.82) is 0 Å². The number of Topliss-reactive ketones (excluding diaryl/α,β-unsaturated/α-hetero) is 1. The summed E-state index contributed by atoms with van der Waals surface area (Å²) in [6.45, 7) is 1.78. The zero-order chi connectivity index (χ0) is 19.0. The fourth-order valence-corrected chi connectivity index (χ4v) is 2.71. The van der Waals surface area contributed by atoms with Crippen LogP contribution in [0.25, 0.3) is 11.5 Å². The van der Waals surface area contributed by atoms with E-state index in [0.717, 1.165) is 12.8 Å². The van der Waals surface area contributed by atoms with Crippen molar-refractivity contribution >= 4 is 11.5 Å². The smallest absolute Gasteiger partial charge is 0.258 e. The predicted molar refractivity (Wildman–Crippen MR) is 96.6 cm³/mol. The minimum atomic E-state index is -0.544. The Labute approximate surface area is 155 Å². The summed E-state index contributed by atoms with van der Waals surface area (Å²) in [6, 6.07) is 11.3. The zero-order valence-corrected chi connectivity index (χ0v) is 14.7. The van der Waals surface area contributed by atoms with Crippen LogP contribution in [0.1, 0.15) is 42.1 Å². The van der Waals surface area contributed by atoms with Gasteiger partial charge in [0.2, 0.25) is 5.82 Å². The molecule has 1 atom stereocenters. The average Bonchev–Trinajstić information content (AvgIpc) is 3.40. The number of ketones is 1. The number of nitrogens with zero attached hydrogens (tertiary/aromatic N) is 2. The molecule has 1 aromatic heterocycles. The lowest BCUT2D eigenvalue weighted by atomic mass is 10.1. The summed E-state index contributed by atoms with van der Waals surface area (Å²) in [4.78, 5) is 16.3. The maximum atomic E-state index is 13.6.